The van der Waals surface area contributed by atoms with Gasteiger partial charge in [-0.25, -0.2) is 4.79 Å². The van der Waals surface area contributed by atoms with Gasteiger partial charge in [0.25, 0.3) is 5.69 Å². The van der Waals surface area contributed by atoms with Crippen LogP contribution >= 0.6 is 11.8 Å². The average Bonchev–Trinajstić information content (AvgIpc) is 2.88. The molecule has 0 spiro atoms. The first-order chi connectivity index (χ1) is 16.8. The number of nitro groups is 1. The molecule has 2 heterocycles. The van der Waals surface area contributed by atoms with Crippen molar-refractivity contribution >= 4 is 35.3 Å². The number of fused-ring (bicyclic) bond motifs is 1. The molecule has 11 nitrogen and oxygen atoms in total. The van der Waals surface area contributed by atoms with E-state index in [1.165, 1.54) is 35.8 Å². The maximum atomic E-state index is 13.1. The van der Waals surface area contributed by atoms with E-state index in [2.05, 4.69) is 16.0 Å². The summed E-state index contributed by atoms with van der Waals surface area (Å²) in [6.45, 7) is 0.399. The third kappa shape index (κ3) is 5.29. The zero-order valence-corrected chi connectivity index (χ0v) is 20.0. The molecule has 12 heteroatoms. The van der Waals surface area contributed by atoms with Crippen molar-refractivity contribution in [2.75, 3.05) is 19.8 Å². The maximum absolute atomic E-state index is 13.1. The highest BCUT2D eigenvalue weighted by Gasteiger charge is 2.51. The second-order valence-corrected chi connectivity index (χ2v) is 9.50. The molecule has 2 aromatic rings. The topological polar surface area (TPSA) is 137 Å². The van der Waals surface area contributed by atoms with E-state index in [0.717, 1.165) is 10.5 Å². The Balaban J connectivity index is 1.50. The SMILES string of the molecule is CN1C(=O)C2C(SCC(=O)NCc3ccccc3)NC(c3ccc([N+](=O)[O-])cc3)NC2N(C)C1=O. The van der Waals surface area contributed by atoms with Crippen LogP contribution in [0.15, 0.2) is 54.6 Å². The average molecular weight is 499 g/mol. The van der Waals surface area contributed by atoms with E-state index in [0.29, 0.717) is 12.1 Å². The molecule has 35 heavy (non-hydrogen) atoms. The molecule has 2 saturated heterocycles. The Morgan fingerprint density at radius 1 is 1.09 bits per heavy atom. The van der Waals surface area contributed by atoms with Crippen LogP contribution in [0.4, 0.5) is 10.5 Å². The summed E-state index contributed by atoms with van der Waals surface area (Å²) in [4.78, 5) is 51.2. The number of nitrogens with zero attached hydrogens (tertiary/aromatic N) is 3. The molecule has 4 unspecified atom stereocenters. The van der Waals surface area contributed by atoms with Gasteiger partial charge in [0.2, 0.25) is 11.8 Å². The van der Waals surface area contributed by atoms with Gasteiger partial charge in [0, 0.05) is 32.8 Å². The van der Waals surface area contributed by atoms with Gasteiger partial charge < -0.3 is 10.2 Å². The van der Waals surface area contributed by atoms with Crippen molar-refractivity contribution in [2.45, 2.75) is 24.3 Å². The standard InChI is InChI=1S/C23H26N6O5S/c1-27-20-18(22(31)28(2)23(27)32)21(35-13-17(30)24-12-14-6-4-3-5-7-14)26-19(25-20)15-8-10-16(11-9-15)29(33)34/h3-11,18-21,25-26H,12-13H2,1-2H3,(H,24,30). The normalized spacial score (nSPS) is 24.2. The van der Waals surface area contributed by atoms with E-state index in [4.69, 9.17) is 0 Å². The molecule has 4 amide bonds. The van der Waals surface area contributed by atoms with E-state index in [-0.39, 0.29) is 23.3 Å². The van der Waals surface area contributed by atoms with Crippen LogP contribution in [0.1, 0.15) is 17.3 Å². The van der Waals surface area contributed by atoms with Crippen molar-refractivity contribution in [2.24, 2.45) is 5.92 Å². The smallest absolute Gasteiger partial charge is 0.327 e. The van der Waals surface area contributed by atoms with Crippen molar-refractivity contribution in [3.63, 3.8) is 0 Å². The number of benzene rings is 2. The van der Waals surface area contributed by atoms with Crippen LogP contribution in [0.5, 0.6) is 0 Å². The highest BCUT2D eigenvalue weighted by Crippen LogP contribution is 2.34. The summed E-state index contributed by atoms with van der Waals surface area (Å²) < 4.78 is 0. The van der Waals surface area contributed by atoms with Gasteiger partial charge >= 0.3 is 6.03 Å². The number of nitro benzene ring substituents is 1. The highest BCUT2D eigenvalue weighted by atomic mass is 32.2. The Morgan fingerprint density at radius 2 is 1.77 bits per heavy atom. The molecule has 0 radical (unpaired) electrons. The lowest BCUT2D eigenvalue weighted by atomic mass is 9.96. The van der Waals surface area contributed by atoms with Gasteiger partial charge in [-0.15, -0.1) is 11.8 Å². The molecule has 0 aliphatic carbocycles. The van der Waals surface area contributed by atoms with Gasteiger partial charge in [-0.2, -0.15) is 0 Å². The van der Waals surface area contributed by atoms with Gasteiger partial charge in [-0.3, -0.25) is 35.2 Å². The second kappa shape index (κ2) is 10.4. The third-order valence-corrected chi connectivity index (χ3v) is 7.34. The van der Waals surface area contributed by atoms with Crippen molar-refractivity contribution in [1.29, 1.82) is 0 Å². The number of non-ortho nitro benzene ring substituents is 1. The van der Waals surface area contributed by atoms with E-state index >= 15 is 0 Å². The molecular formula is C23H26N6O5S. The maximum Gasteiger partial charge on any atom is 0.327 e. The fourth-order valence-electron chi connectivity index (χ4n) is 4.19. The summed E-state index contributed by atoms with van der Waals surface area (Å²) in [5.74, 6) is -1.05. The molecule has 4 atom stereocenters. The summed E-state index contributed by atoms with van der Waals surface area (Å²) in [5, 5.41) is 20.0. The Morgan fingerprint density at radius 3 is 2.43 bits per heavy atom. The third-order valence-electron chi connectivity index (χ3n) is 6.12. The number of carbonyl (C=O) groups excluding carboxylic acids is 3. The van der Waals surface area contributed by atoms with Crippen LogP contribution in [-0.2, 0) is 16.1 Å². The molecule has 4 rings (SSSR count). The molecule has 184 valence electrons. The van der Waals surface area contributed by atoms with E-state index < -0.39 is 34.6 Å². The van der Waals surface area contributed by atoms with Crippen LogP contribution in [0, 0.1) is 16.0 Å². The monoisotopic (exact) mass is 498 g/mol. The fourth-order valence-corrected chi connectivity index (χ4v) is 5.33. The molecular weight excluding hydrogens is 472 g/mol. The second-order valence-electron chi connectivity index (χ2n) is 8.37. The first kappa shape index (κ1) is 24.6. The first-order valence-corrected chi connectivity index (χ1v) is 12.0. The van der Waals surface area contributed by atoms with Gasteiger partial charge in [-0.05, 0) is 23.3 Å². The lowest BCUT2D eigenvalue weighted by Gasteiger charge is -2.50. The molecule has 3 N–H and O–H groups in total. The van der Waals surface area contributed by atoms with Crippen LogP contribution in [0.25, 0.3) is 0 Å². The fraction of sp³-hybridized carbons (Fsp3) is 0.348. The number of carbonyl (C=O) groups is 3. The number of imide groups is 1. The molecule has 0 saturated carbocycles. The summed E-state index contributed by atoms with van der Waals surface area (Å²) in [6.07, 6.45) is -1.11. The lowest BCUT2D eigenvalue weighted by Crippen LogP contribution is -2.72. The number of hydrogen-bond donors (Lipinski definition) is 3. The van der Waals surface area contributed by atoms with E-state index in [9.17, 15) is 24.5 Å². The number of rotatable bonds is 7. The van der Waals surface area contributed by atoms with Crippen LogP contribution in [0.3, 0.4) is 0 Å². The van der Waals surface area contributed by atoms with Crippen molar-refractivity contribution in [3.8, 4) is 0 Å². The molecule has 2 aromatic carbocycles. The largest absolute Gasteiger partial charge is 0.351 e. The summed E-state index contributed by atoms with van der Waals surface area (Å²) in [7, 11) is 3.05. The Bertz CT molecular complexity index is 1120. The lowest BCUT2D eigenvalue weighted by molar-refractivity contribution is -0.384. The summed E-state index contributed by atoms with van der Waals surface area (Å²) in [5.41, 5.74) is 1.65. The molecule has 2 aliphatic rings. The number of nitrogens with one attached hydrogen (secondary N) is 3. The highest BCUT2D eigenvalue weighted by molar-refractivity contribution is 8.00. The number of thioether (sulfide) groups is 1. The first-order valence-electron chi connectivity index (χ1n) is 11.0. The predicted molar refractivity (Wildman–Crippen MR) is 130 cm³/mol. The number of amides is 4. The van der Waals surface area contributed by atoms with Crippen molar-refractivity contribution in [1.82, 2.24) is 25.8 Å². The number of hydrogen-bond acceptors (Lipinski definition) is 8. The van der Waals surface area contributed by atoms with Gasteiger partial charge in [0.05, 0.1) is 34.3 Å². The summed E-state index contributed by atoms with van der Waals surface area (Å²) >= 11 is 1.28. The minimum atomic E-state index is -0.635. The zero-order chi connectivity index (χ0) is 25.1. The van der Waals surface area contributed by atoms with E-state index in [1.54, 1.807) is 19.2 Å². The van der Waals surface area contributed by atoms with Crippen molar-refractivity contribution in [3.05, 3.63) is 75.8 Å². The molecule has 0 bridgehead atoms. The quantitative estimate of drug-likeness (QED) is 0.387. The Labute approximate surface area is 206 Å². The minimum absolute atomic E-state index is 0.0368. The Hall–Kier alpha value is -3.48. The number of urea groups is 1. The van der Waals surface area contributed by atoms with E-state index in [1.807, 2.05) is 30.3 Å². The van der Waals surface area contributed by atoms with Crippen LogP contribution in [-0.4, -0.2) is 64.0 Å². The van der Waals surface area contributed by atoms with Crippen LogP contribution < -0.4 is 16.0 Å². The van der Waals surface area contributed by atoms with Crippen LogP contribution in [0.2, 0.25) is 0 Å². The molecule has 2 fully saturated rings. The Kier molecular flexibility index (Phi) is 7.34. The molecule has 2 aliphatic heterocycles. The summed E-state index contributed by atoms with van der Waals surface area (Å²) in [6, 6.07) is 15.2. The van der Waals surface area contributed by atoms with Gasteiger partial charge in [0.15, 0.2) is 0 Å². The molecule has 0 aromatic heterocycles. The minimum Gasteiger partial charge on any atom is -0.351 e. The van der Waals surface area contributed by atoms with Gasteiger partial charge in [-0.1, -0.05) is 30.3 Å². The zero-order valence-electron chi connectivity index (χ0n) is 19.2. The van der Waals surface area contributed by atoms with Crippen molar-refractivity contribution < 1.29 is 19.3 Å². The van der Waals surface area contributed by atoms with Gasteiger partial charge in [0.1, 0.15) is 0 Å². The predicted octanol–water partition coefficient (Wildman–Crippen LogP) is 1.63.